The fourth-order valence-corrected chi connectivity index (χ4v) is 3.99. The van der Waals surface area contributed by atoms with Gasteiger partial charge in [-0.3, -0.25) is 9.59 Å². The summed E-state index contributed by atoms with van der Waals surface area (Å²) in [5.41, 5.74) is 5.39. The van der Waals surface area contributed by atoms with Crippen molar-refractivity contribution in [2.24, 2.45) is 0 Å². The molecule has 6 nitrogen and oxygen atoms in total. The van der Waals surface area contributed by atoms with E-state index in [0.717, 1.165) is 27.3 Å². The first kappa shape index (κ1) is 21.3. The molecule has 0 atom stereocenters. The number of benzene rings is 1. The Kier molecular flexibility index (Phi) is 6.02. The van der Waals surface area contributed by atoms with Gasteiger partial charge in [0.15, 0.2) is 5.78 Å². The summed E-state index contributed by atoms with van der Waals surface area (Å²) in [6.07, 6.45) is 1.15. The molecule has 30 heavy (non-hydrogen) atoms. The van der Waals surface area contributed by atoms with Crippen LogP contribution in [0.3, 0.4) is 0 Å². The average Bonchev–Trinajstić information content (AvgIpc) is 3.03. The predicted molar refractivity (Wildman–Crippen MR) is 116 cm³/mol. The Morgan fingerprint density at radius 1 is 1.13 bits per heavy atom. The molecule has 0 unspecified atom stereocenters. The Hall–Kier alpha value is -3.46. The van der Waals surface area contributed by atoms with E-state index in [4.69, 9.17) is 0 Å². The highest BCUT2D eigenvalue weighted by Gasteiger charge is 2.21. The molecule has 0 aliphatic rings. The van der Waals surface area contributed by atoms with Crippen molar-refractivity contribution in [1.29, 1.82) is 5.26 Å². The molecule has 2 heterocycles. The summed E-state index contributed by atoms with van der Waals surface area (Å²) >= 11 is 0. The van der Waals surface area contributed by atoms with Crippen LogP contribution >= 0.6 is 0 Å². The van der Waals surface area contributed by atoms with Crippen molar-refractivity contribution in [2.45, 2.75) is 54.0 Å². The number of para-hydroxylation sites is 1. The van der Waals surface area contributed by atoms with Crippen molar-refractivity contribution in [3.05, 3.63) is 80.0 Å². The van der Waals surface area contributed by atoms with Crippen molar-refractivity contribution in [1.82, 2.24) is 14.3 Å². The van der Waals surface area contributed by atoms with E-state index in [1.807, 2.05) is 71.0 Å². The molecule has 0 radical (unpaired) electrons. The van der Waals surface area contributed by atoms with Gasteiger partial charge in [-0.25, -0.2) is 4.68 Å². The fraction of sp³-hybridized carbons (Fsp3) is 0.333. The third kappa shape index (κ3) is 3.59. The maximum absolute atomic E-state index is 13.1. The molecule has 0 aliphatic heterocycles. The molecule has 2 aromatic heterocycles. The van der Waals surface area contributed by atoms with Crippen molar-refractivity contribution in [2.75, 3.05) is 0 Å². The van der Waals surface area contributed by atoms with Crippen LogP contribution in [0, 0.1) is 32.1 Å². The van der Waals surface area contributed by atoms with E-state index in [9.17, 15) is 14.9 Å². The van der Waals surface area contributed by atoms with Gasteiger partial charge in [-0.2, -0.15) is 10.4 Å². The Bertz CT molecular complexity index is 1230. The van der Waals surface area contributed by atoms with Crippen LogP contribution < -0.4 is 5.56 Å². The second kappa shape index (κ2) is 8.50. The molecule has 0 spiro atoms. The quantitative estimate of drug-likeness (QED) is 0.587. The number of carbonyl (C=O) groups excluding carboxylic acids is 1. The topological polar surface area (TPSA) is 80.7 Å². The Labute approximate surface area is 176 Å². The number of hydrogen-bond donors (Lipinski definition) is 0. The maximum Gasteiger partial charge on any atom is 0.285 e. The van der Waals surface area contributed by atoms with Crippen LogP contribution in [0.15, 0.2) is 35.1 Å². The second-order valence-electron chi connectivity index (χ2n) is 7.41. The highest BCUT2D eigenvalue weighted by molar-refractivity contribution is 5.97. The summed E-state index contributed by atoms with van der Waals surface area (Å²) in [7, 11) is 0. The molecule has 3 aromatic rings. The standard InChI is InChI=1S/C24H26N4O2/c1-6-18-20(13-25)24(30)27(26-21(18)7-2)14-23(29)19-12-16(4)28(17(19)5)22-11-9-8-10-15(22)3/h8-12H,6-7,14H2,1-5H3. The van der Waals surface area contributed by atoms with Gasteiger partial charge in [0.25, 0.3) is 5.56 Å². The second-order valence-corrected chi connectivity index (χ2v) is 7.41. The molecular weight excluding hydrogens is 376 g/mol. The first-order valence-electron chi connectivity index (χ1n) is 10.1. The van der Waals surface area contributed by atoms with Crippen LogP contribution in [0.25, 0.3) is 5.69 Å². The van der Waals surface area contributed by atoms with Crippen LogP contribution in [-0.4, -0.2) is 20.1 Å². The fourth-order valence-electron chi connectivity index (χ4n) is 3.99. The Morgan fingerprint density at radius 2 is 1.83 bits per heavy atom. The minimum atomic E-state index is -0.507. The van der Waals surface area contributed by atoms with E-state index < -0.39 is 5.56 Å². The third-order valence-electron chi connectivity index (χ3n) is 5.52. The average molecular weight is 402 g/mol. The molecule has 3 rings (SSSR count). The monoisotopic (exact) mass is 402 g/mol. The summed E-state index contributed by atoms with van der Waals surface area (Å²) in [6, 6.07) is 11.9. The minimum absolute atomic E-state index is 0.0857. The lowest BCUT2D eigenvalue weighted by atomic mass is 10.0. The summed E-state index contributed by atoms with van der Waals surface area (Å²) < 4.78 is 3.19. The van der Waals surface area contributed by atoms with Gasteiger partial charge in [0, 0.05) is 22.6 Å². The smallest absolute Gasteiger partial charge is 0.285 e. The van der Waals surface area contributed by atoms with Gasteiger partial charge in [0.05, 0.1) is 5.69 Å². The third-order valence-corrected chi connectivity index (χ3v) is 5.52. The van der Waals surface area contributed by atoms with Gasteiger partial charge < -0.3 is 4.57 Å². The van der Waals surface area contributed by atoms with Crippen LogP contribution in [0.4, 0.5) is 0 Å². The lowest BCUT2D eigenvalue weighted by molar-refractivity contribution is 0.0964. The first-order valence-corrected chi connectivity index (χ1v) is 10.1. The van der Waals surface area contributed by atoms with E-state index in [1.54, 1.807) is 0 Å². The molecule has 154 valence electrons. The normalized spacial score (nSPS) is 10.8. The van der Waals surface area contributed by atoms with E-state index >= 15 is 0 Å². The molecule has 0 amide bonds. The lowest BCUT2D eigenvalue weighted by Crippen LogP contribution is -2.31. The lowest BCUT2D eigenvalue weighted by Gasteiger charge is -2.13. The van der Waals surface area contributed by atoms with E-state index in [1.165, 1.54) is 0 Å². The predicted octanol–water partition coefficient (Wildman–Crippen LogP) is 3.84. The number of nitriles is 1. The molecule has 6 heteroatoms. The SMILES string of the molecule is CCc1nn(CC(=O)c2cc(C)n(-c3ccccc3C)c2C)c(=O)c(C#N)c1CC. The number of aromatic nitrogens is 3. The van der Waals surface area contributed by atoms with Gasteiger partial charge in [0.2, 0.25) is 0 Å². The van der Waals surface area contributed by atoms with Crippen molar-refractivity contribution < 1.29 is 4.79 Å². The molecule has 0 saturated carbocycles. The van der Waals surface area contributed by atoms with E-state index in [2.05, 4.69) is 9.67 Å². The number of hydrogen-bond acceptors (Lipinski definition) is 4. The molecule has 0 bridgehead atoms. The molecule has 0 aliphatic carbocycles. The molecule has 0 fully saturated rings. The first-order chi connectivity index (χ1) is 14.3. The summed E-state index contributed by atoms with van der Waals surface area (Å²) in [6.45, 7) is 9.52. The van der Waals surface area contributed by atoms with Gasteiger partial charge >= 0.3 is 0 Å². The zero-order valence-corrected chi connectivity index (χ0v) is 18.1. The number of carbonyl (C=O) groups is 1. The van der Waals surface area contributed by atoms with Crippen molar-refractivity contribution >= 4 is 5.78 Å². The highest BCUT2D eigenvalue weighted by Crippen LogP contribution is 2.23. The van der Waals surface area contributed by atoms with Crippen LogP contribution in [-0.2, 0) is 19.4 Å². The maximum atomic E-state index is 13.1. The minimum Gasteiger partial charge on any atom is -0.317 e. The molecule has 0 saturated heterocycles. The summed E-state index contributed by atoms with van der Waals surface area (Å²) in [4.78, 5) is 25.9. The van der Waals surface area contributed by atoms with Crippen LogP contribution in [0.1, 0.15) is 58.0 Å². The molecule has 1 aromatic carbocycles. The van der Waals surface area contributed by atoms with Crippen molar-refractivity contribution in [3.63, 3.8) is 0 Å². The molecular formula is C24H26N4O2. The van der Waals surface area contributed by atoms with Crippen LogP contribution in [0.2, 0.25) is 0 Å². The summed E-state index contributed by atoms with van der Waals surface area (Å²) in [5, 5.41) is 13.9. The van der Waals surface area contributed by atoms with Gasteiger partial charge in [-0.15, -0.1) is 0 Å². The Balaban J connectivity index is 2.05. The number of aryl methyl sites for hydroxylation is 3. The number of ketones is 1. The number of rotatable bonds is 6. The van der Waals surface area contributed by atoms with E-state index in [-0.39, 0.29) is 17.9 Å². The zero-order valence-electron chi connectivity index (χ0n) is 18.1. The van der Waals surface area contributed by atoms with Crippen molar-refractivity contribution in [3.8, 4) is 11.8 Å². The van der Waals surface area contributed by atoms with Crippen LogP contribution in [0.5, 0.6) is 0 Å². The van der Waals surface area contributed by atoms with E-state index in [0.29, 0.717) is 29.7 Å². The number of Topliss-reactive ketones (excluding diaryl/α,β-unsaturated/α-hetero) is 1. The molecule has 0 N–H and O–H groups in total. The zero-order chi connectivity index (χ0) is 22.0. The number of nitrogens with zero attached hydrogens (tertiary/aromatic N) is 4. The van der Waals surface area contributed by atoms with Gasteiger partial charge in [-0.1, -0.05) is 32.0 Å². The Morgan fingerprint density at radius 3 is 2.43 bits per heavy atom. The van der Waals surface area contributed by atoms with Gasteiger partial charge in [0.1, 0.15) is 18.2 Å². The largest absolute Gasteiger partial charge is 0.317 e. The van der Waals surface area contributed by atoms with Gasteiger partial charge in [-0.05, 0) is 56.9 Å². The highest BCUT2D eigenvalue weighted by atomic mass is 16.1. The summed E-state index contributed by atoms with van der Waals surface area (Å²) in [5.74, 6) is -0.201.